The van der Waals surface area contributed by atoms with Gasteiger partial charge in [0.25, 0.3) is 0 Å². The summed E-state index contributed by atoms with van der Waals surface area (Å²) >= 11 is 1.67. The molecule has 4 heterocycles. The number of rotatable bonds is 10. The lowest BCUT2D eigenvalue weighted by atomic mass is 9.66. The molecule has 10 heteroatoms. The van der Waals surface area contributed by atoms with E-state index in [1.807, 2.05) is 20.8 Å². The number of fused-ring (bicyclic) bond motifs is 1. The predicted octanol–water partition coefficient (Wildman–Crippen LogP) is 0.459. The van der Waals surface area contributed by atoms with Crippen molar-refractivity contribution in [2.75, 3.05) is 52.5 Å². The molecular weight excluding hydrogens is 468 g/mol. The minimum absolute atomic E-state index is 0.0204. The van der Waals surface area contributed by atoms with Crippen LogP contribution in [0.3, 0.4) is 0 Å². The Morgan fingerprint density at radius 2 is 1.86 bits per heavy atom. The Balaban J connectivity index is 1.61. The number of likely N-dealkylation sites (tertiary alicyclic amines) is 1. The molecule has 3 N–H and O–H groups in total. The Kier molecular flexibility index (Phi) is 8.05. The van der Waals surface area contributed by atoms with Gasteiger partial charge in [-0.1, -0.05) is 20.8 Å². The highest BCUT2D eigenvalue weighted by atomic mass is 32.2. The van der Waals surface area contributed by atoms with Gasteiger partial charge >= 0.3 is 0 Å². The first-order chi connectivity index (χ1) is 16.7. The number of ether oxygens (including phenoxy) is 1. The number of aliphatic hydroxyl groups is 1. The summed E-state index contributed by atoms with van der Waals surface area (Å²) in [5, 5.41) is 16.4. The average molecular weight is 511 g/mol. The molecule has 4 aliphatic rings. The molecule has 0 radical (unpaired) electrons. The van der Waals surface area contributed by atoms with Crippen LogP contribution in [0.5, 0.6) is 0 Å². The summed E-state index contributed by atoms with van der Waals surface area (Å²) in [7, 11) is 0. The topological polar surface area (TPSA) is 111 Å². The van der Waals surface area contributed by atoms with Gasteiger partial charge in [0, 0.05) is 37.5 Å². The molecule has 4 fully saturated rings. The second-order valence-corrected chi connectivity index (χ2v) is 12.9. The average Bonchev–Trinajstić information content (AvgIpc) is 3.39. The lowest BCUT2D eigenvalue weighted by Crippen LogP contribution is -2.58. The van der Waals surface area contributed by atoms with Gasteiger partial charge in [-0.25, -0.2) is 0 Å². The Bertz CT molecular complexity index is 822. The molecule has 2 unspecified atom stereocenters. The molecule has 0 aromatic heterocycles. The largest absolute Gasteiger partial charge is 0.394 e. The molecule has 1 spiro atoms. The van der Waals surface area contributed by atoms with Crippen LogP contribution in [0.15, 0.2) is 0 Å². The number of aliphatic hydroxyl groups excluding tert-OH is 1. The van der Waals surface area contributed by atoms with Gasteiger partial charge in [0.05, 0.1) is 42.4 Å². The fourth-order valence-corrected chi connectivity index (χ4v) is 9.00. The van der Waals surface area contributed by atoms with Crippen LogP contribution >= 0.6 is 11.8 Å². The van der Waals surface area contributed by atoms with E-state index in [9.17, 15) is 19.5 Å². The van der Waals surface area contributed by atoms with Gasteiger partial charge in [-0.2, -0.15) is 0 Å². The molecule has 35 heavy (non-hydrogen) atoms. The zero-order valence-electron chi connectivity index (χ0n) is 21.5. The maximum Gasteiger partial charge on any atom is 0.244 e. The lowest BCUT2D eigenvalue weighted by molar-refractivity contribution is -0.144. The highest BCUT2D eigenvalue weighted by Crippen LogP contribution is 2.71. The summed E-state index contributed by atoms with van der Waals surface area (Å²) < 4.78 is 4.39. The summed E-state index contributed by atoms with van der Waals surface area (Å²) in [4.78, 5) is 45.1. The van der Waals surface area contributed by atoms with Crippen molar-refractivity contribution in [2.45, 2.75) is 68.5 Å². The Hall–Kier alpha value is -1.36. The smallest absolute Gasteiger partial charge is 0.244 e. The second kappa shape index (κ2) is 10.6. The van der Waals surface area contributed by atoms with E-state index in [-0.39, 0.29) is 35.0 Å². The summed E-state index contributed by atoms with van der Waals surface area (Å²) in [6.07, 6.45) is 2.34. The number of carbonyl (C=O) groups is 3. The van der Waals surface area contributed by atoms with Gasteiger partial charge in [-0.3, -0.25) is 19.3 Å². The van der Waals surface area contributed by atoms with Crippen LogP contribution in [0.4, 0.5) is 0 Å². The number of morpholine rings is 1. The SMILES string of the molecule is CCCNC(=O)[C@H]1[C@H]2C(=O)N([C@@H](CO)C(C)C)C(C(=O)NCCN3CCOCC3)C23CC[C@]1(C)S3. The van der Waals surface area contributed by atoms with E-state index >= 15 is 0 Å². The molecule has 0 saturated carbocycles. The monoisotopic (exact) mass is 510 g/mol. The number of amides is 3. The van der Waals surface area contributed by atoms with Crippen molar-refractivity contribution in [1.82, 2.24) is 20.4 Å². The molecule has 198 valence electrons. The molecule has 4 aliphatic heterocycles. The first-order valence-corrected chi connectivity index (χ1v) is 14.0. The van der Waals surface area contributed by atoms with Gasteiger partial charge in [0.15, 0.2) is 0 Å². The highest BCUT2D eigenvalue weighted by Gasteiger charge is 2.77. The fraction of sp³-hybridized carbons (Fsp3) is 0.880. The van der Waals surface area contributed by atoms with Crippen LogP contribution in [0, 0.1) is 17.8 Å². The fourth-order valence-electron chi connectivity index (χ4n) is 6.66. The normalized spacial score (nSPS) is 35.4. The van der Waals surface area contributed by atoms with E-state index in [1.54, 1.807) is 16.7 Å². The van der Waals surface area contributed by atoms with Crippen LogP contribution in [-0.4, -0.2) is 107 Å². The molecular formula is C25H42N4O5S. The Morgan fingerprint density at radius 1 is 1.17 bits per heavy atom. The van der Waals surface area contributed by atoms with Gasteiger partial charge < -0.3 is 25.4 Å². The third-order valence-corrected chi connectivity index (χ3v) is 10.4. The van der Waals surface area contributed by atoms with E-state index in [0.29, 0.717) is 26.3 Å². The predicted molar refractivity (Wildman–Crippen MR) is 135 cm³/mol. The van der Waals surface area contributed by atoms with Crippen LogP contribution in [0.1, 0.15) is 47.0 Å². The molecule has 6 atom stereocenters. The van der Waals surface area contributed by atoms with Crippen LogP contribution in [-0.2, 0) is 19.1 Å². The number of thioether (sulfide) groups is 1. The standard InChI is InChI=1S/C25H42N4O5S/c1-5-8-26-21(31)18-19-23(33)29(17(15-30)16(2)3)20(25(19)7-6-24(18,4)35-25)22(32)27-9-10-28-11-13-34-14-12-28/h16-20,30H,5-15H2,1-4H3,(H,26,31)(H,27,32)/t17-,18+,19-,20?,24-,25?/m0/s1. The molecule has 3 amide bonds. The third-order valence-electron chi connectivity index (χ3n) is 8.44. The van der Waals surface area contributed by atoms with Gasteiger partial charge in [0.1, 0.15) is 6.04 Å². The lowest BCUT2D eigenvalue weighted by Gasteiger charge is -2.38. The number of carbonyl (C=O) groups excluding carboxylic acids is 3. The third kappa shape index (κ3) is 4.60. The first kappa shape index (κ1) is 26.7. The number of nitrogens with zero attached hydrogens (tertiary/aromatic N) is 2. The Morgan fingerprint density at radius 3 is 2.49 bits per heavy atom. The van der Waals surface area contributed by atoms with Crippen molar-refractivity contribution >= 4 is 29.5 Å². The number of hydrogen-bond donors (Lipinski definition) is 3. The van der Waals surface area contributed by atoms with Crippen LogP contribution in [0.25, 0.3) is 0 Å². The zero-order valence-corrected chi connectivity index (χ0v) is 22.4. The quantitative estimate of drug-likeness (QED) is 0.392. The van der Waals surface area contributed by atoms with Crippen molar-refractivity contribution in [3.8, 4) is 0 Å². The van der Waals surface area contributed by atoms with E-state index in [4.69, 9.17) is 4.74 Å². The van der Waals surface area contributed by atoms with Gasteiger partial charge in [0.2, 0.25) is 17.7 Å². The highest BCUT2D eigenvalue weighted by molar-refractivity contribution is 8.02. The zero-order chi connectivity index (χ0) is 25.4. The summed E-state index contributed by atoms with van der Waals surface area (Å²) in [5.41, 5.74) is 0. The molecule has 9 nitrogen and oxygen atoms in total. The first-order valence-electron chi connectivity index (χ1n) is 13.2. The van der Waals surface area contributed by atoms with Crippen molar-refractivity contribution in [1.29, 1.82) is 0 Å². The van der Waals surface area contributed by atoms with Crippen molar-refractivity contribution in [3.63, 3.8) is 0 Å². The molecule has 0 aromatic carbocycles. The number of nitrogens with one attached hydrogen (secondary N) is 2. The van der Waals surface area contributed by atoms with Crippen molar-refractivity contribution < 1.29 is 24.2 Å². The maximum atomic E-state index is 14.1. The van der Waals surface area contributed by atoms with Crippen LogP contribution in [0.2, 0.25) is 0 Å². The Labute approximate surface area is 213 Å². The molecule has 2 bridgehead atoms. The van der Waals surface area contributed by atoms with E-state index in [2.05, 4.69) is 22.5 Å². The van der Waals surface area contributed by atoms with Crippen molar-refractivity contribution in [3.05, 3.63) is 0 Å². The second-order valence-electron chi connectivity index (χ2n) is 11.0. The van der Waals surface area contributed by atoms with E-state index in [0.717, 1.165) is 38.9 Å². The van der Waals surface area contributed by atoms with Crippen LogP contribution < -0.4 is 10.6 Å². The van der Waals surface area contributed by atoms with E-state index in [1.165, 1.54) is 0 Å². The molecule has 0 aromatic rings. The van der Waals surface area contributed by atoms with Crippen molar-refractivity contribution in [2.24, 2.45) is 17.8 Å². The van der Waals surface area contributed by atoms with Gasteiger partial charge in [-0.15, -0.1) is 11.8 Å². The summed E-state index contributed by atoms with van der Waals surface area (Å²) in [6, 6.07) is -1.16. The molecule has 0 aliphatic carbocycles. The minimum Gasteiger partial charge on any atom is -0.394 e. The maximum absolute atomic E-state index is 14.1. The van der Waals surface area contributed by atoms with E-state index < -0.39 is 28.7 Å². The number of hydrogen-bond acceptors (Lipinski definition) is 7. The summed E-state index contributed by atoms with van der Waals surface area (Å²) in [5.74, 6) is -1.45. The molecule has 4 rings (SSSR count). The summed E-state index contributed by atoms with van der Waals surface area (Å²) in [6.45, 7) is 12.7. The molecule has 4 saturated heterocycles. The van der Waals surface area contributed by atoms with Gasteiger partial charge in [-0.05, 0) is 32.1 Å². The minimum atomic E-state index is -0.694.